The number of carbonyl (C=O) groups excluding carboxylic acids is 2. The molecular weight excluding hydrogens is 361 g/mol. The molecule has 1 saturated carbocycles. The van der Waals surface area contributed by atoms with Gasteiger partial charge in [0.2, 0.25) is 5.91 Å². The van der Waals surface area contributed by atoms with Gasteiger partial charge in [-0.05, 0) is 36.1 Å². The molecule has 25 heavy (non-hydrogen) atoms. The second-order valence-electron chi connectivity index (χ2n) is 5.88. The fourth-order valence-corrected chi connectivity index (χ4v) is 3.18. The van der Waals surface area contributed by atoms with Gasteiger partial charge < -0.3 is 10.6 Å². The normalized spacial score (nSPS) is 18.5. The molecule has 1 aliphatic rings. The number of hydrogen-bond donors (Lipinski definition) is 2. The van der Waals surface area contributed by atoms with Crippen molar-refractivity contribution in [1.29, 1.82) is 0 Å². The largest absolute Gasteiger partial charge is 0.354 e. The number of nitrogens with zero attached hydrogens (tertiary/aromatic N) is 1. The summed E-state index contributed by atoms with van der Waals surface area (Å²) in [6, 6.07) is 8.86. The third kappa shape index (κ3) is 4.30. The lowest BCUT2D eigenvalue weighted by molar-refractivity contribution is -0.122. The number of pyridine rings is 1. The molecule has 0 bridgehead atoms. The molecule has 1 heterocycles. The topological polar surface area (TPSA) is 71.1 Å². The van der Waals surface area contributed by atoms with Gasteiger partial charge in [0.05, 0.1) is 15.6 Å². The van der Waals surface area contributed by atoms with Crippen molar-refractivity contribution in [3.8, 4) is 0 Å². The van der Waals surface area contributed by atoms with Gasteiger partial charge in [-0.25, -0.2) is 0 Å². The molecule has 0 saturated heterocycles. The van der Waals surface area contributed by atoms with Gasteiger partial charge in [0.1, 0.15) is 0 Å². The Bertz CT molecular complexity index is 783. The van der Waals surface area contributed by atoms with E-state index in [0.29, 0.717) is 28.7 Å². The maximum Gasteiger partial charge on any atom is 0.252 e. The standard InChI is InChI=1S/C18H17Cl2N3O2/c19-15-5-1-4-12(16(15)20)13-9-14(13)18(25)23-8-7-22-17(24)11-3-2-6-21-10-11/h1-6,10,13-14H,7-9H2,(H,22,24)(H,23,25). The number of carbonyl (C=O) groups is 2. The number of aromatic nitrogens is 1. The fourth-order valence-electron chi connectivity index (χ4n) is 2.73. The minimum atomic E-state index is -0.211. The minimum absolute atomic E-state index is 0.0309. The highest BCUT2D eigenvalue weighted by atomic mass is 35.5. The van der Waals surface area contributed by atoms with Crippen molar-refractivity contribution in [2.75, 3.05) is 13.1 Å². The van der Waals surface area contributed by atoms with Crippen molar-refractivity contribution < 1.29 is 9.59 Å². The molecule has 2 atom stereocenters. The van der Waals surface area contributed by atoms with Crippen LogP contribution in [0.4, 0.5) is 0 Å². The van der Waals surface area contributed by atoms with Crippen LogP contribution < -0.4 is 10.6 Å². The van der Waals surface area contributed by atoms with Crippen molar-refractivity contribution >= 4 is 35.0 Å². The zero-order valence-corrected chi connectivity index (χ0v) is 14.8. The highest BCUT2D eigenvalue weighted by molar-refractivity contribution is 6.42. The Morgan fingerprint density at radius 3 is 2.68 bits per heavy atom. The van der Waals surface area contributed by atoms with Gasteiger partial charge in [-0.15, -0.1) is 0 Å². The maximum atomic E-state index is 12.2. The van der Waals surface area contributed by atoms with Crippen LogP contribution in [0.5, 0.6) is 0 Å². The fraction of sp³-hybridized carbons (Fsp3) is 0.278. The summed E-state index contributed by atoms with van der Waals surface area (Å²) in [6.07, 6.45) is 3.86. The van der Waals surface area contributed by atoms with E-state index in [4.69, 9.17) is 23.2 Å². The third-order valence-electron chi connectivity index (χ3n) is 4.14. The van der Waals surface area contributed by atoms with Crippen molar-refractivity contribution in [3.63, 3.8) is 0 Å². The molecule has 1 fully saturated rings. The quantitative estimate of drug-likeness (QED) is 0.759. The van der Waals surface area contributed by atoms with Crippen molar-refractivity contribution in [3.05, 3.63) is 63.9 Å². The molecule has 2 N–H and O–H groups in total. The highest BCUT2D eigenvalue weighted by Crippen LogP contribution is 2.50. The number of benzene rings is 1. The number of amides is 2. The summed E-state index contributed by atoms with van der Waals surface area (Å²) in [5, 5.41) is 6.61. The molecule has 1 aromatic heterocycles. The van der Waals surface area contributed by atoms with Gasteiger partial charge in [-0.1, -0.05) is 35.3 Å². The first-order valence-electron chi connectivity index (χ1n) is 7.97. The van der Waals surface area contributed by atoms with Gasteiger partial charge in [-0.3, -0.25) is 14.6 Å². The molecule has 3 rings (SSSR count). The molecule has 1 aliphatic carbocycles. The smallest absolute Gasteiger partial charge is 0.252 e. The third-order valence-corrected chi connectivity index (χ3v) is 4.98. The summed E-state index contributed by atoms with van der Waals surface area (Å²) in [5.74, 6) is -0.227. The van der Waals surface area contributed by atoms with E-state index < -0.39 is 0 Å². The Morgan fingerprint density at radius 1 is 1.12 bits per heavy atom. The molecule has 0 radical (unpaired) electrons. The lowest BCUT2D eigenvalue weighted by atomic mass is 10.1. The van der Waals surface area contributed by atoms with Gasteiger partial charge in [0.15, 0.2) is 0 Å². The van der Waals surface area contributed by atoms with Crippen molar-refractivity contribution in [2.24, 2.45) is 5.92 Å². The van der Waals surface area contributed by atoms with Crippen LogP contribution in [-0.4, -0.2) is 29.9 Å². The van der Waals surface area contributed by atoms with Crippen LogP contribution in [0.1, 0.15) is 28.3 Å². The van der Waals surface area contributed by atoms with Gasteiger partial charge in [-0.2, -0.15) is 0 Å². The van der Waals surface area contributed by atoms with Crippen LogP contribution in [0.2, 0.25) is 10.0 Å². The zero-order chi connectivity index (χ0) is 17.8. The van der Waals surface area contributed by atoms with Crippen molar-refractivity contribution in [2.45, 2.75) is 12.3 Å². The van der Waals surface area contributed by atoms with Crippen LogP contribution in [0.3, 0.4) is 0 Å². The van der Waals surface area contributed by atoms with Crippen LogP contribution in [0.15, 0.2) is 42.7 Å². The van der Waals surface area contributed by atoms with Gasteiger partial charge in [0, 0.05) is 31.4 Å². The van der Waals surface area contributed by atoms with Gasteiger partial charge >= 0.3 is 0 Å². The van der Waals surface area contributed by atoms with Crippen LogP contribution in [-0.2, 0) is 4.79 Å². The maximum absolute atomic E-state index is 12.2. The second-order valence-corrected chi connectivity index (χ2v) is 6.67. The lowest BCUT2D eigenvalue weighted by Crippen LogP contribution is -2.35. The Morgan fingerprint density at radius 2 is 1.92 bits per heavy atom. The summed E-state index contributed by atoms with van der Waals surface area (Å²) in [4.78, 5) is 27.9. The number of rotatable bonds is 6. The monoisotopic (exact) mass is 377 g/mol. The summed E-state index contributed by atoms with van der Waals surface area (Å²) in [7, 11) is 0. The molecule has 0 spiro atoms. The summed E-state index contributed by atoms with van der Waals surface area (Å²) in [6.45, 7) is 0.728. The summed E-state index contributed by atoms with van der Waals surface area (Å²) < 4.78 is 0. The van der Waals surface area contributed by atoms with Crippen molar-refractivity contribution in [1.82, 2.24) is 15.6 Å². The Labute approximate surface area is 155 Å². The van der Waals surface area contributed by atoms with E-state index >= 15 is 0 Å². The van der Waals surface area contributed by atoms with E-state index in [-0.39, 0.29) is 23.7 Å². The minimum Gasteiger partial charge on any atom is -0.354 e. The number of halogens is 2. The molecule has 0 aliphatic heterocycles. The summed E-state index contributed by atoms with van der Waals surface area (Å²) in [5.41, 5.74) is 1.41. The van der Waals surface area contributed by atoms with Crippen LogP contribution >= 0.6 is 23.2 Å². The van der Waals surface area contributed by atoms with Gasteiger partial charge in [0.25, 0.3) is 5.91 Å². The van der Waals surface area contributed by atoms with E-state index in [1.54, 1.807) is 24.4 Å². The molecule has 130 valence electrons. The molecule has 2 aromatic rings. The van der Waals surface area contributed by atoms with Crippen LogP contribution in [0.25, 0.3) is 0 Å². The molecule has 7 heteroatoms. The number of nitrogens with one attached hydrogen (secondary N) is 2. The number of hydrogen-bond acceptors (Lipinski definition) is 3. The lowest BCUT2D eigenvalue weighted by Gasteiger charge is -2.08. The average molecular weight is 378 g/mol. The molecular formula is C18H17Cl2N3O2. The van der Waals surface area contributed by atoms with E-state index in [1.807, 2.05) is 12.1 Å². The Kier molecular flexibility index (Phi) is 5.56. The second kappa shape index (κ2) is 7.85. The van der Waals surface area contributed by atoms with E-state index in [9.17, 15) is 9.59 Å². The average Bonchev–Trinajstić information content (AvgIpc) is 3.42. The first-order valence-corrected chi connectivity index (χ1v) is 8.73. The molecule has 1 aromatic carbocycles. The first kappa shape index (κ1) is 17.7. The van der Waals surface area contributed by atoms with E-state index in [2.05, 4.69) is 15.6 Å². The first-order chi connectivity index (χ1) is 12.1. The highest BCUT2D eigenvalue weighted by Gasteiger charge is 2.44. The molecule has 2 unspecified atom stereocenters. The van der Waals surface area contributed by atoms with E-state index in [1.165, 1.54) is 6.20 Å². The SMILES string of the molecule is O=C(NCCNC(=O)C1CC1c1cccc(Cl)c1Cl)c1cccnc1. The predicted molar refractivity (Wildman–Crippen MR) is 96.9 cm³/mol. The summed E-state index contributed by atoms with van der Waals surface area (Å²) >= 11 is 12.2. The zero-order valence-electron chi connectivity index (χ0n) is 13.3. The van der Waals surface area contributed by atoms with E-state index in [0.717, 1.165) is 12.0 Å². The molecule has 2 amide bonds. The Hall–Kier alpha value is -2.11. The van der Waals surface area contributed by atoms with Crippen LogP contribution in [0, 0.1) is 5.92 Å². The molecule has 5 nitrogen and oxygen atoms in total. The predicted octanol–water partition coefficient (Wildman–Crippen LogP) is 3.04. The Balaban J connectivity index is 1.42.